The minimum absolute atomic E-state index is 0.0536. The number of carbonyl (C=O) groups excluding carboxylic acids is 1. The Morgan fingerprint density at radius 1 is 1.27 bits per heavy atom. The van der Waals surface area contributed by atoms with E-state index in [1.807, 2.05) is 42.6 Å². The summed E-state index contributed by atoms with van der Waals surface area (Å²) in [5, 5.41) is 6.99. The van der Waals surface area contributed by atoms with E-state index in [2.05, 4.69) is 10.1 Å². The van der Waals surface area contributed by atoms with Crippen LogP contribution < -0.4 is 0 Å². The maximum Gasteiger partial charge on any atom is 0.189 e. The molecule has 0 bridgehead atoms. The molecule has 2 aromatic heterocycles. The first kappa shape index (κ1) is 14.4. The second kappa shape index (κ2) is 6.07. The molecule has 0 unspecified atom stereocenters. The topological polar surface area (TPSA) is 47.8 Å². The van der Waals surface area contributed by atoms with Gasteiger partial charge in [-0.25, -0.2) is 4.98 Å². The van der Waals surface area contributed by atoms with E-state index in [1.54, 1.807) is 30.1 Å². The molecule has 0 radical (unpaired) electrons. The summed E-state index contributed by atoms with van der Waals surface area (Å²) in [4.78, 5) is 16.7. The summed E-state index contributed by atoms with van der Waals surface area (Å²) in [6.45, 7) is 1.83. The van der Waals surface area contributed by atoms with Crippen molar-refractivity contribution in [3.63, 3.8) is 0 Å². The molecule has 0 saturated heterocycles. The van der Waals surface area contributed by atoms with Crippen molar-refractivity contribution < 1.29 is 4.79 Å². The monoisotopic (exact) mass is 309 g/mol. The fraction of sp³-hybridized carbons (Fsp3) is 0.118. The van der Waals surface area contributed by atoms with Crippen LogP contribution in [0.3, 0.4) is 0 Å². The predicted molar refractivity (Wildman–Crippen MR) is 88.9 cm³/mol. The maximum absolute atomic E-state index is 12.2. The highest BCUT2D eigenvalue weighted by atomic mass is 32.1. The van der Waals surface area contributed by atoms with Gasteiger partial charge in [-0.15, -0.1) is 11.3 Å². The maximum atomic E-state index is 12.2. The summed E-state index contributed by atoms with van der Waals surface area (Å²) < 4.78 is 1.65. The van der Waals surface area contributed by atoms with Crippen LogP contribution in [0, 0.1) is 6.92 Å². The van der Waals surface area contributed by atoms with E-state index < -0.39 is 0 Å². The fourth-order valence-electron chi connectivity index (χ4n) is 2.18. The SMILES string of the molecule is Cc1nn(C)cc1C(=O)/C=C\c1nc(-c2ccccc2)cs1. The van der Waals surface area contributed by atoms with E-state index in [-0.39, 0.29) is 5.78 Å². The highest BCUT2D eigenvalue weighted by molar-refractivity contribution is 7.10. The smallest absolute Gasteiger partial charge is 0.189 e. The van der Waals surface area contributed by atoms with Gasteiger partial charge in [-0.05, 0) is 19.1 Å². The number of rotatable bonds is 4. The third kappa shape index (κ3) is 3.04. The van der Waals surface area contributed by atoms with Crippen LogP contribution in [0.15, 0.2) is 48.0 Å². The van der Waals surface area contributed by atoms with Gasteiger partial charge in [-0.1, -0.05) is 30.3 Å². The van der Waals surface area contributed by atoms with Crippen molar-refractivity contribution >= 4 is 23.2 Å². The third-order valence-corrected chi connectivity index (χ3v) is 4.06. The molecule has 0 amide bonds. The zero-order valence-corrected chi connectivity index (χ0v) is 13.2. The molecule has 5 heteroatoms. The Kier molecular flexibility index (Phi) is 3.98. The molecule has 1 aromatic carbocycles. The van der Waals surface area contributed by atoms with Crippen LogP contribution in [0.2, 0.25) is 0 Å². The number of hydrogen-bond acceptors (Lipinski definition) is 4. The molecule has 0 aliphatic heterocycles. The molecule has 110 valence electrons. The van der Waals surface area contributed by atoms with Crippen LogP contribution in [0.5, 0.6) is 0 Å². The second-order valence-corrected chi connectivity index (χ2v) is 5.83. The Hall–Kier alpha value is -2.53. The number of hydrogen-bond donors (Lipinski definition) is 0. The van der Waals surface area contributed by atoms with Gasteiger partial charge in [-0.2, -0.15) is 5.10 Å². The first-order valence-corrected chi connectivity index (χ1v) is 7.75. The van der Waals surface area contributed by atoms with Gasteiger partial charge in [0.1, 0.15) is 5.01 Å². The van der Waals surface area contributed by atoms with Gasteiger partial charge < -0.3 is 0 Å². The lowest BCUT2D eigenvalue weighted by Crippen LogP contribution is -1.94. The molecule has 3 aromatic rings. The number of nitrogens with zero attached hydrogens (tertiary/aromatic N) is 3. The number of allylic oxidation sites excluding steroid dienone is 1. The van der Waals surface area contributed by atoms with Gasteiger partial charge in [0, 0.05) is 24.2 Å². The van der Waals surface area contributed by atoms with Crippen molar-refractivity contribution in [1.82, 2.24) is 14.8 Å². The van der Waals surface area contributed by atoms with Crippen LogP contribution >= 0.6 is 11.3 Å². The van der Waals surface area contributed by atoms with Crippen molar-refractivity contribution in [3.8, 4) is 11.3 Å². The summed E-state index contributed by atoms with van der Waals surface area (Å²) in [5.74, 6) is -0.0536. The first-order chi connectivity index (χ1) is 10.6. The molecular formula is C17H15N3OS. The molecule has 3 rings (SSSR count). The normalized spacial score (nSPS) is 11.2. The molecule has 22 heavy (non-hydrogen) atoms. The molecule has 0 fully saturated rings. The summed E-state index contributed by atoms with van der Waals surface area (Å²) in [5.41, 5.74) is 3.36. The van der Waals surface area contributed by atoms with Crippen LogP contribution in [0.1, 0.15) is 21.1 Å². The van der Waals surface area contributed by atoms with E-state index in [4.69, 9.17) is 0 Å². The number of ketones is 1. The zero-order chi connectivity index (χ0) is 15.5. The van der Waals surface area contributed by atoms with Gasteiger partial charge in [-0.3, -0.25) is 9.48 Å². The van der Waals surface area contributed by atoms with Gasteiger partial charge in [0.25, 0.3) is 0 Å². The van der Waals surface area contributed by atoms with Crippen LogP contribution in [0.25, 0.3) is 17.3 Å². The fourth-order valence-corrected chi connectivity index (χ4v) is 2.90. The lowest BCUT2D eigenvalue weighted by Gasteiger charge is -1.93. The summed E-state index contributed by atoms with van der Waals surface area (Å²) in [6.07, 6.45) is 5.04. The van der Waals surface area contributed by atoms with E-state index in [0.29, 0.717) is 5.56 Å². The van der Waals surface area contributed by atoms with Gasteiger partial charge >= 0.3 is 0 Å². The summed E-state index contributed by atoms with van der Waals surface area (Å²) in [7, 11) is 1.81. The quantitative estimate of drug-likeness (QED) is 0.545. The van der Waals surface area contributed by atoms with Gasteiger partial charge in [0.2, 0.25) is 0 Å². The van der Waals surface area contributed by atoms with E-state index in [9.17, 15) is 4.79 Å². The average molecular weight is 309 g/mol. The van der Waals surface area contributed by atoms with Crippen molar-refractivity contribution in [3.05, 3.63) is 64.2 Å². The molecule has 4 nitrogen and oxygen atoms in total. The van der Waals surface area contributed by atoms with Crippen molar-refractivity contribution in [2.24, 2.45) is 7.05 Å². The number of carbonyl (C=O) groups is 1. The first-order valence-electron chi connectivity index (χ1n) is 6.87. The molecule has 2 heterocycles. The van der Waals surface area contributed by atoms with E-state index >= 15 is 0 Å². The summed E-state index contributed by atoms with van der Waals surface area (Å²) >= 11 is 1.52. The Bertz CT molecular complexity index is 831. The Morgan fingerprint density at radius 3 is 2.73 bits per heavy atom. The van der Waals surface area contributed by atoms with Crippen LogP contribution in [0.4, 0.5) is 0 Å². The number of aromatic nitrogens is 3. The number of aryl methyl sites for hydroxylation is 2. The molecule has 0 saturated carbocycles. The predicted octanol–water partition coefficient (Wildman–Crippen LogP) is 3.75. The van der Waals surface area contributed by atoms with Crippen LogP contribution in [-0.4, -0.2) is 20.5 Å². The molecule has 0 atom stereocenters. The second-order valence-electron chi connectivity index (χ2n) is 4.94. The van der Waals surface area contributed by atoms with E-state index in [0.717, 1.165) is 22.0 Å². The lowest BCUT2D eigenvalue weighted by molar-refractivity contribution is 0.104. The third-order valence-electron chi connectivity index (χ3n) is 3.25. The molecular weight excluding hydrogens is 294 g/mol. The minimum atomic E-state index is -0.0536. The lowest BCUT2D eigenvalue weighted by atomic mass is 10.1. The summed E-state index contributed by atoms with van der Waals surface area (Å²) in [6, 6.07) is 9.99. The molecule has 0 aliphatic carbocycles. The van der Waals surface area contributed by atoms with Gasteiger partial charge in [0.05, 0.1) is 17.0 Å². The zero-order valence-electron chi connectivity index (χ0n) is 12.4. The van der Waals surface area contributed by atoms with E-state index in [1.165, 1.54) is 11.3 Å². The molecule has 0 aliphatic rings. The highest BCUT2D eigenvalue weighted by Gasteiger charge is 2.09. The minimum Gasteiger partial charge on any atom is -0.289 e. The number of benzene rings is 1. The van der Waals surface area contributed by atoms with Gasteiger partial charge in [0.15, 0.2) is 5.78 Å². The van der Waals surface area contributed by atoms with Crippen molar-refractivity contribution in [2.45, 2.75) is 6.92 Å². The van der Waals surface area contributed by atoms with Crippen molar-refractivity contribution in [2.75, 3.05) is 0 Å². The highest BCUT2D eigenvalue weighted by Crippen LogP contribution is 2.22. The number of thiazole rings is 1. The Morgan fingerprint density at radius 2 is 2.05 bits per heavy atom. The van der Waals surface area contributed by atoms with Crippen LogP contribution in [-0.2, 0) is 7.05 Å². The standard InChI is InChI=1S/C17H15N3OS/c1-12-14(10-20(2)19-12)16(21)8-9-17-18-15(11-22-17)13-6-4-3-5-7-13/h3-11H,1-2H3/b9-8-. The van der Waals surface area contributed by atoms with Crippen molar-refractivity contribution in [1.29, 1.82) is 0 Å². The largest absolute Gasteiger partial charge is 0.289 e. The Labute approximate surface area is 132 Å². The average Bonchev–Trinajstić information content (AvgIpc) is 3.12. The molecule has 0 spiro atoms. The Balaban J connectivity index is 1.78. The molecule has 0 N–H and O–H groups in total.